The van der Waals surface area contributed by atoms with Crippen LogP contribution in [0.15, 0.2) is 28.7 Å². The molecule has 2 N–H and O–H groups in total. The molecule has 1 aliphatic rings. The largest absolute Gasteiger partial charge is 0.376 e. The first kappa shape index (κ1) is 12.8. The van der Waals surface area contributed by atoms with E-state index in [0.29, 0.717) is 11.2 Å². The van der Waals surface area contributed by atoms with E-state index in [1.807, 2.05) is 24.3 Å². The fourth-order valence-corrected chi connectivity index (χ4v) is 2.35. The van der Waals surface area contributed by atoms with Gasteiger partial charge in [-0.15, -0.1) is 0 Å². The van der Waals surface area contributed by atoms with E-state index in [9.17, 15) is 0 Å². The quantitative estimate of drug-likeness (QED) is 0.841. The second kappa shape index (κ2) is 6.33. The van der Waals surface area contributed by atoms with E-state index in [-0.39, 0.29) is 0 Å². The van der Waals surface area contributed by atoms with Gasteiger partial charge in [0, 0.05) is 23.3 Å². The molecule has 0 saturated carbocycles. The molecule has 1 aromatic carbocycles. The van der Waals surface area contributed by atoms with Crippen molar-refractivity contribution in [1.82, 2.24) is 5.32 Å². The molecule has 3 nitrogen and oxygen atoms in total. The Labute approximate surface area is 115 Å². The van der Waals surface area contributed by atoms with Crippen molar-refractivity contribution >= 4 is 38.9 Å². The first-order valence-electron chi connectivity index (χ1n) is 5.66. The highest BCUT2D eigenvalue weighted by Gasteiger charge is 2.15. The van der Waals surface area contributed by atoms with Gasteiger partial charge in [0.15, 0.2) is 5.11 Å². The Morgan fingerprint density at radius 1 is 1.53 bits per heavy atom. The lowest BCUT2D eigenvalue weighted by Crippen LogP contribution is -2.34. The number of hydrogen-bond acceptors (Lipinski definition) is 2. The van der Waals surface area contributed by atoms with Crippen molar-refractivity contribution < 1.29 is 4.74 Å². The van der Waals surface area contributed by atoms with E-state index in [2.05, 4.69) is 26.6 Å². The zero-order valence-electron chi connectivity index (χ0n) is 9.41. The van der Waals surface area contributed by atoms with Crippen LogP contribution in [-0.2, 0) is 4.74 Å². The van der Waals surface area contributed by atoms with Gasteiger partial charge in [-0.25, -0.2) is 0 Å². The zero-order chi connectivity index (χ0) is 12.1. The van der Waals surface area contributed by atoms with Crippen LogP contribution >= 0.6 is 28.1 Å². The highest BCUT2D eigenvalue weighted by atomic mass is 79.9. The van der Waals surface area contributed by atoms with Crippen molar-refractivity contribution in [3.63, 3.8) is 0 Å². The Balaban J connectivity index is 1.76. The maximum absolute atomic E-state index is 5.52. The average molecular weight is 315 g/mol. The smallest absolute Gasteiger partial charge is 0.170 e. The van der Waals surface area contributed by atoms with E-state index >= 15 is 0 Å². The summed E-state index contributed by atoms with van der Waals surface area (Å²) >= 11 is 8.64. The second-order valence-electron chi connectivity index (χ2n) is 3.98. The molecule has 0 unspecified atom stereocenters. The van der Waals surface area contributed by atoms with Gasteiger partial charge in [-0.3, -0.25) is 0 Å². The minimum atomic E-state index is 0.303. The Morgan fingerprint density at radius 3 is 3.12 bits per heavy atom. The van der Waals surface area contributed by atoms with Gasteiger partial charge in [-0.05, 0) is 43.3 Å². The standard InChI is InChI=1S/C12H15BrN2OS/c13-9-3-1-4-10(7-9)15-12(17)14-8-11-5-2-6-16-11/h1,3-4,7,11H,2,5-6,8H2,(H2,14,15,17)/t11-/m1/s1. The third-order valence-electron chi connectivity index (χ3n) is 2.60. The van der Waals surface area contributed by atoms with Gasteiger partial charge in [0.1, 0.15) is 0 Å². The number of rotatable bonds is 3. The van der Waals surface area contributed by atoms with Crippen LogP contribution in [0.5, 0.6) is 0 Å². The lowest BCUT2D eigenvalue weighted by atomic mass is 10.2. The molecule has 1 fully saturated rings. The minimum Gasteiger partial charge on any atom is -0.376 e. The molecule has 0 radical (unpaired) electrons. The van der Waals surface area contributed by atoms with Crippen molar-refractivity contribution in [2.75, 3.05) is 18.5 Å². The predicted molar refractivity (Wildman–Crippen MR) is 77.3 cm³/mol. The van der Waals surface area contributed by atoms with Crippen molar-refractivity contribution in [3.8, 4) is 0 Å². The number of anilines is 1. The minimum absolute atomic E-state index is 0.303. The van der Waals surface area contributed by atoms with Gasteiger partial charge in [0.25, 0.3) is 0 Å². The van der Waals surface area contributed by atoms with Gasteiger partial charge in [-0.1, -0.05) is 22.0 Å². The summed E-state index contributed by atoms with van der Waals surface area (Å²) in [5.74, 6) is 0. The van der Waals surface area contributed by atoms with Crippen molar-refractivity contribution in [3.05, 3.63) is 28.7 Å². The van der Waals surface area contributed by atoms with Crippen LogP contribution in [0, 0.1) is 0 Å². The van der Waals surface area contributed by atoms with Gasteiger partial charge in [0.05, 0.1) is 6.10 Å². The fraction of sp³-hybridized carbons (Fsp3) is 0.417. The molecule has 0 spiro atoms. The van der Waals surface area contributed by atoms with Crippen molar-refractivity contribution in [2.45, 2.75) is 18.9 Å². The molecule has 5 heteroatoms. The van der Waals surface area contributed by atoms with Crippen LogP contribution in [0.3, 0.4) is 0 Å². The van der Waals surface area contributed by atoms with E-state index in [1.54, 1.807) is 0 Å². The van der Waals surface area contributed by atoms with E-state index in [0.717, 1.165) is 36.2 Å². The molecule has 92 valence electrons. The molecule has 1 atom stereocenters. The summed E-state index contributed by atoms with van der Waals surface area (Å²) < 4.78 is 6.55. The predicted octanol–water partition coefficient (Wildman–Crippen LogP) is 2.91. The summed E-state index contributed by atoms with van der Waals surface area (Å²) in [5.41, 5.74) is 0.976. The van der Waals surface area contributed by atoms with Crippen molar-refractivity contribution in [1.29, 1.82) is 0 Å². The van der Waals surface area contributed by atoms with Crippen molar-refractivity contribution in [2.24, 2.45) is 0 Å². The molecule has 1 saturated heterocycles. The van der Waals surface area contributed by atoms with Crippen LogP contribution in [0.4, 0.5) is 5.69 Å². The Hall–Kier alpha value is -0.650. The number of benzene rings is 1. The summed E-state index contributed by atoms with van der Waals surface area (Å²) in [4.78, 5) is 0. The normalized spacial score (nSPS) is 19.0. The van der Waals surface area contributed by atoms with E-state index < -0.39 is 0 Å². The Bertz CT molecular complexity index is 394. The lowest BCUT2D eigenvalue weighted by molar-refractivity contribution is 0.114. The molecule has 2 rings (SSSR count). The average Bonchev–Trinajstić information content (AvgIpc) is 2.79. The molecule has 1 heterocycles. The molecular weight excluding hydrogens is 300 g/mol. The fourth-order valence-electron chi connectivity index (χ4n) is 1.75. The first-order chi connectivity index (χ1) is 8.24. The lowest BCUT2D eigenvalue weighted by Gasteiger charge is -2.14. The van der Waals surface area contributed by atoms with Gasteiger partial charge >= 0.3 is 0 Å². The first-order valence-corrected chi connectivity index (χ1v) is 6.86. The zero-order valence-corrected chi connectivity index (χ0v) is 11.8. The van der Waals surface area contributed by atoms with E-state index in [1.165, 1.54) is 0 Å². The third kappa shape index (κ3) is 4.26. The van der Waals surface area contributed by atoms with Crippen LogP contribution in [0.1, 0.15) is 12.8 Å². The molecule has 0 amide bonds. The Morgan fingerprint density at radius 2 is 2.41 bits per heavy atom. The van der Waals surface area contributed by atoms with Crippen LogP contribution in [0.2, 0.25) is 0 Å². The number of halogens is 1. The number of thiocarbonyl (C=S) groups is 1. The maximum atomic E-state index is 5.52. The van der Waals surface area contributed by atoms with Gasteiger partial charge < -0.3 is 15.4 Å². The molecule has 0 aliphatic carbocycles. The van der Waals surface area contributed by atoms with E-state index in [4.69, 9.17) is 17.0 Å². The van der Waals surface area contributed by atoms with Crippen LogP contribution < -0.4 is 10.6 Å². The molecule has 1 aliphatic heterocycles. The molecule has 0 bridgehead atoms. The highest BCUT2D eigenvalue weighted by Crippen LogP contribution is 2.15. The SMILES string of the molecule is S=C(NC[C@H]1CCCO1)Nc1cccc(Br)c1. The second-order valence-corrected chi connectivity index (χ2v) is 5.30. The number of nitrogens with one attached hydrogen (secondary N) is 2. The third-order valence-corrected chi connectivity index (χ3v) is 3.34. The highest BCUT2D eigenvalue weighted by molar-refractivity contribution is 9.10. The molecule has 17 heavy (non-hydrogen) atoms. The summed E-state index contributed by atoms with van der Waals surface area (Å²) in [5, 5.41) is 6.95. The maximum Gasteiger partial charge on any atom is 0.170 e. The molecular formula is C12H15BrN2OS. The summed E-state index contributed by atoms with van der Waals surface area (Å²) in [7, 11) is 0. The molecule has 1 aromatic rings. The Kier molecular flexibility index (Phi) is 4.76. The monoisotopic (exact) mass is 314 g/mol. The van der Waals surface area contributed by atoms with Gasteiger partial charge in [-0.2, -0.15) is 0 Å². The summed E-state index contributed by atoms with van der Waals surface area (Å²) in [6.07, 6.45) is 2.57. The summed E-state index contributed by atoms with van der Waals surface area (Å²) in [6, 6.07) is 7.91. The van der Waals surface area contributed by atoms with Crippen LogP contribution in [-0.4, -0.2) is 24.4 Å². The topological polar surface area (TPSA) is 33.3 Å². The van der Waals surface area contributed by atoms with Gasteiger partial charge in [0.2, 0.25) is 0 Å². The number of ether oxygens (including phenoxy) is 1. The number of hydrogen-bond donors (Lipinski definition) is 2. The molecule has 0 aromatic heterocycles. The van der Waals surface area contributed by atoms with Crippen LogP contribution in [0.25, 0.3) is 0 Å². The summed E-state index contributed by atoms with van der Waals surface area (Å²) in [6.45, 7) is 1.65.